The molecule has 1 atom stereocenters. The molecule has 1 N–H and O–H groups in total. The van der Waals surface area contributed by atoms with Crippen molar-refractivity contribution in [1.82, 2.24) is 0 Å². The molecule has 4 rings (SSSR count). The van der Waals surface area contributed by atoms with Gasteiger partial charge in [0.25, 0.3) is 11.7 Å². The van der Waals surface area contributed by atoms with E-state index in [0.717, 1.165) is 6.42 Å². The molecule has 1 aliphatic rings. The average molecular weight is 502 g/mol. The fraction of sp³-hybridized carbons (Fsp3) is 0.267. The molecule has 1 unspecified atom stereocenters. The van der Waals surface area contributed by atoms with Crippen molar-refractivity contribution in [3.8, 4) is 17.2 Å². The molecule has 0 radical (unpaired) electrons. The molecule has 3 aromatic rings. The van der Waals surface area contributed by atoms with Crippen molar-refractivity contribution in [2.24, 2.45) is 0 Å². The summed E-state index contributed by atoms with van der Waals surface area (Å²) >= 11 is 0. The van der Waals surface area contributed by atoms with E-state index in [1.54, 1.807) is 54.6 Å². The Bertz CT molecular complexity index is 1280. The monoisotopic (exact) mass is 501 g/mol. The summed E-state index contributed by atoms with van der Waals surface area (Å²) in [6.45, 7) is 7.12. The van der Waals surface area contributed by atoms with Gasteiger partial charge in [-0.2, -0.15) is 0 Å². The van der Waals surface area contributed by atoms with Crippen LogP contribution in [0.5, 0.6) is 17.2 Å². The summed E-state index contributed by atoms with van der Waals surface area (Å²) in [4.78, 5) is 28.2. The van der Waals surface area contributed by atoms with Crippen LogP contribution in [0.4, 0.5) is 5.69 Å². The second-order valence-corrected chi connectivity index (χ2v) is 8.45. The molecule has 1 saturated heterocycles. The molecule has 192 valence electrons. The molecule has 1 fully saturated rings. The molecule has 0 saturated carbocycles. The molecule has 7 heteroatoms. The lowest BCUT2D eigenvalue weighted by Crippen LogP contribution is -2.29. The summed E-state index contributed by atoms with van der Waals surface area (Å²) in [5.41, 5.74) is 1.51. The van der Waals surface area contributed by atoms with Gasteiger partial charge in [-0.05, 0) is 62.2 Å². The number of hydrogen-bond acceptors (Lipinski definition) is 6. The number of amides is 1. The summed E-state index contributed by atoms with van der Waals surface area (Å²) in [5, 5.41) is 11.5. The third-order valence-electron chi connectivity index (χ3n) is 5.97. The predicted octanol–water partition coefficient (Wildman–Crippen LogP) is 5.90. The maximum Gasteiger partial charge on any atom is 0.300 e. The van der Waals surface area contributed by atoms with E-state index in [4.69, 9.17) is 14.2 Å². The fourth-order valence-electron chi connectivity index (χ4n) is 4.34. The van der Waals surface area contributed by atoms with Crippen LogP contribution in [0.2, 0.25) is 0 Å². The highest BCUT2D eigenvalue weighted by Crippen LogP contribution is 2.44. The molecule has 3 aromatic carbocycles. The number of benzene rings is 3. The van der Waals surface area contributed by atoms with Crippen LogP contribution in [-0.4, -0.2) is 36.6 Å². The van der Waals surface area contributed by atoms with Gasteiger partial charge >= 0.3 is 0 Å². The molecular formula is C30H31NO6. The highest BCUT2D eigenvalue weighted by atomic mass is 16.5. The third kappa shape index (κ3) is 5.31. The van der Waals surface area contributed by atoms with Crippen molar-refractivity contribution < 1.29 is 28.9 Å². The largest absolute Gasteiger partial charge is 0.507 e. The van der Waals surface area contributed by atoms with Gasteiger partial charge in [-0.3, -0.25) is 14.5 Å². The number of para-hydroxylation sites is 1. The maximum absolute atomic E-state index is 13.4. The number of rotatable bonds is 10. The van der Waals surface area contributed by atoms with Crippen molar-refractivity contribution in [2.45, 2.75) is 33.2 Å². The second kappa shape index (κ2) is 11.6. The number of nitrogens with zero attached hydrogens (tertiary/aromatic N) is 1. The highest BCUT2D eigenvalue weighted by Gasteiger charge is 2.47. The van der Waals surface area contributed by atoms with Gasteiger partial charge in [0.1, 0.15) is 23.0 Å². The Morgan fingerprint density at radius 2 is 1.51 bits per heavy atom. The number of aliphatic hydroxyl groups excluding tert-OH is 1. The van der Waals surface area contributed by atoms with Crippen LogP contribution in [0.15, 0.2) is 78.4 Å². The van der Waals surface area contributed by atoms with Crippen molar-refractivity contribution in [1.29, 1.82) is 0 Å². The van der Waals surface area contributed by atoms with E-state index >= 15 is 0 Å². The Labute approximate surface area is 216 Å². The molecule has 37 heavy (non-hydrogen) atoms. The van der Waals surface area contributed by atoms with Crippen LogP contribution < -0.4 is 19.1 Å². The highest BCUT2D eigenvalue weighted by molar-refractivity contribution is 6.51. The maximum atomic E-state index is 13.4. The molecule has 0 aromatic heterocycles. The Kier molecular flexibility index (Phi) is 8.13. The Morgan fingerprint density at radius 1 is 0.838 bits per heavy atom. The number of aliphatic hydroxyl groups is 1. The number of anilines is 1. The molecule has 0 bridgehead atoms. The van der Waals surface area contributed by atoms with Crippen LogP contribution in [0, 0.1) is 0 Å². The molecule has 0 spiro atoms. The first-order chi connectivity index (χ1) is 18.0. The van der Waals surface area contributed by atoms with Crippen LogP contribution in [0.1, 0.15) is 44.4 Å². The fourth-order valence-corrected chi connectivity index (χ4v) is 4.34. The number of carbonyl (C=O) groups is 2. The van der Waals surface area contributed by atoms with Gasteiger partial charge in [0.2, 0.25) is 0 Å². The first kappa shape index (κ1) is 25.8. The number of carbonyl (C=O) groups excluding carboxylic acids is 2. The quantitative estimate of drug-likeness (QED) is 0.212. The Hall–Kier alpha value is -4.26. The van der Waals surface area contributed by atoms with Crippen molar-refractivity contribution in [3.05, 3.63) is 89.5 Å². The molecule has 1 heterocycles. The van der Waals surface area contributed by atoms with E-state index < -0.39 is 17.7 Å². The first-order valence-corrected chi connectivity index (χ1v) is 12.5. The molecular weight excluding hydrogens is 470 g/mol. The van der Waals surface area contributed by atoms with Crippen molar-refractivity contribution >= 4 is 23.1 Å². The van der Waals surface area contributed by atoms with Gasteiger partial charge in [0, 0.05) is 11.8 Å². The smallest absolute Gasteiger partial charge is 0.300 e. The summed E-state index contributed by atoms with van der Waals surface area (Å²) in [5.74, 6) is -0.167. The molecule has 1 amide bonds. The SMILES string of the molecule is CCCOc1ccc(C2/C(=C(/O)c3ccc(OCC)cc3OCC)C(=O)C(=O)N2c2ccccc2)cc1. The van der Waals surface area contributed by atoms with Crippen molar-refractivity contribution in [2.75, 3.05) is 24.7 Å². The zero-order valence-electron chi connectivity index (χ0n) is 21.3. The average Bonchev–Trinajstić information content (AvgIpc) is 3.18. The summed E-state index contributed by atoms with van der Waals surface area (Å²) in [6, 6.07) is 20.4. The second-order valence-electron chi connectivity index (χ2n) is 8.45. The number of hydrogen-bond donors (Lipinski definition) is 1. The Morgan fingerprint density at radius 3 is 2.16 bits per heavy atom. The third-order valence-corrected chi connectivity index (χ3v) is 5.97. The van der Waals surface area contributed by atoms with E-state index in [-0.39, 0.29) is 11.3 Å². The van der Waals surface area contributed by atoms with Gasteiger partial charge in [-0.1, -0.05) is 37.3 Å². The first-order valence-electron chi connectivity index (χ1n) is 12.5. The molecule has 0 aliphatic carbocycles. The number of ether oxygens (including phenoxy) is 3. The summed E-state index contributed by atoms with van der Waals surface area (Å²) < 4.78 is 17.1. The van der Waals surface area contributed by atoms with Gasteiger partial charge in [0.15, 0.2) is 0 Å². The Balaban J connectivity index is 1.88. The van der Waals surface area contributed by atoms with E-state index in [0.29, 0.717) is 53.9 Å². The zero-order chi connectivity index (χ0) is 26.4. The summed E-state index contributed by atoms with van der Waals surface area (Å²) in [7, 11) is 0. The standard InChI is InChI=1S/C30H31NO6/c1-4-18-37-22-14-12-20(13-15-22)27-26(29(33)30(34)31(27)21-10-8-7-9-11-21)28(32)24-17-16-23(35-5-2)19-25(24)36-6-3/h7-17,19,27,32H,4-6,18H2,1-3H3/b28-26-. The molecule has 1 aliphatic heterocycles. The van der Waals surface area contributed by atoms with Crippen LogP contribution >= 0.6 is 0 Å². The predicted molar refractivity (Wildman–Crippen MR) is 142 cm³/mol. The van der Waals surface area contributed by atoms with Gasteiger partial charge < -0.3 is 19.3 Å². The van der Waals surface area contributed by atoms with Gasteiger partial charge in [0.05, 0.1) is 37.0 Å². The van der Waals surface area contributed by atoms with Gasteiger partial charge in [-0.15, -0.1) is 0 Å². The minimum atomic E-state index is -0.844. The van der Waals surface area contributed by atoms with Crippen LogP contribution in [0.25, 0.3) is 5.76 Å². The topological polar surface area (TPSA) is 85.3 Å². The number of Topliss-reactive ketones (excluding diaryl/α,β-unsaturated/α-hetero) is 1. The van der Waals surface area contributed by atoms with E-state index in [9.17, 15) is 14.7 Å². The van der Waals surface area contributed by atoms with Crippen LogP contribution in [0.3, 0.4) is 0 Å². The summed E-state index contributed by atoms with van der Waals surface area (Å²) in [6.07, 6.45) is 0.875. The lowest BCUT2D eigenvalue weighted by Gasteiger charge is -2.25. The van der Waals surface area contributed by atoms with Crippen LogP contribution in [-0.2, 0) is 9.59 Å². The van der Waals surface area contributed by atoms with Gasteiger partial charge in [-0.25, -0.2) is 0 Å². The molecule has 7 nitrogen and oxygen atoms in total. The minimum absolute atomic E-state index is 0.0128. The number of ketones is 1. The minimum Gasteiger partial charge on any atom is -0.507 e. The zero-order valence-corrected chi connectivity index (χ0v) is 21.3. The van der Waals surface area contributed by atoms with E-state index in [2.05, 4.69) is 0 Å². The normalized spacial score (nSPS) is 16.6. The van der Waals surface area contributed by atoms with E-state index in [1.165, 1.54) is 4.90 Å². The van der Waals surface area contributed by atoms with E-state index in [1.807, 2.05) is 39.0 Å². The van der Waals surface area contributed by atoms with Crippen molar-refractivity contribution in [3.63, 3.8) is 0 Å². The lowest BCUT2D eigenvalue weighted by molar-refractivity contribution is -0.132. The lowest BCUT2D eigenvalue weighted by atomic mass is 9.94.